The highest BCUT2D eigenvalue weighted by Gasteiger charge is 2.31. The van der Waals surface area contributed by atoms with E-state index in [-0.39, 0.29) is 36.2 Å². The summed E-state index contributed by atoms with van der Waals surface area (Å²) in [4.78, 5) is 37.2. The van der Waals surface area contributed by atoms with E-state index in [9.17, 15) is 19.5 Å². The lowest BCUT2D eigenvalue weighted by Gasteiger charge is -2.31. The largest absolute Gasteiger partial charge is 0.477 e. The number of rotatable bonds is 49. The number of carboxylic acids is 1. The molecule has 0 spiro atoms. The van der Waals surface area contributed by atoms with Gasteiger partial charge in [-0.2, -0.15) is 0 Å². The molecule has 0 aromatic heterocycles. The van der Waals surface area contributed by atoms with Gasteiger partial charge in [-0.25, -0.2) is 4.79 Å². The number of likely N-dealkylation sites (N-methyl/N-ethyl adjacent to an activating group) is 1. The van der Waals surface area contributed by atoms with Gasteiger partial charge in [0.2, 0.25) is 0 Å². The molecular formula is C57H104NO7+. The van der Waals surface area contributed by atoms with Crippen LogP contribution in [0.25, 0.3) is 0 Å². The molecule has 0 aliphatic rings. The van der Waals surface area contributed by atoms with Crippen LogP contribution in [0, 0.1) is 0 Å². The number of aliphatic carboxylic acids is 1. The van der Waals surface area contributed by atoms with Crippen LogP contribution in [0.1, 0.15) is 245 Å². The number of ether oxygens (including phenoxy) is 3. The first kappa shape index (κ1) is 62.3. The minimum atomic E-state index is -0.876. The Bertz CT molecular complexity index is 1200. The van der Waals surface area contributed by atoms with Crippen LogP contribution in [0.3, 0.4) is 0 Å². The van der Waals surface area contributed by atoms with Crippen LogP contribution in [0.2, 0.25) is 0 Å². The minimum absolute atomic E-state index is 0.0556. The van der Waals surface area contributed by atoms with Gasteiger partial charge in [0.1, 0.15) is 6.61 Å². The summed E-state index contributed by atoms with van der Waals surface area (Å²) in [7, 11) is 5.54. The lowest BCUT2D eigenvalue weighted by molar-refractivity contribution is -0.887. The van der Waals surface area contributed by atoms with Gasteiger partial charge in [0.05, 0.1) is 34.4 Å². The Hall–Kier alpha value is -2.71. The Labute approximate surface area is 401 Å². The zero-order chi connectivity index (χ0) is 47.7. The first-order valence-electron chi connectivity index (χ1n) is 27.2. The third kappa shape index (κ3) is 46.2. The van der Waals surface area contributed by atoms with Crippen molar-refractivity contribution in [2.45, 2.75) is 257 Å². The molecule has 0 radical (unpaired) electrons. The highest BCUT2D eigenvalue weighted by atomic mass is 16.6. The molecule has 378 valence electrons. The Morgan fingerprint density at radius 1 is 0.477 bits per heavy atom. The summed E-state index contributed by atoms with van der Waals surface area (Å²) in [5, 5.41) is 9.67. The number of hydrogen-bond acceptors (Lipinski definition) is 6. The van der Waals surface area contributed by atoms with Crippen molar-refractivity contribution in [1.82, 2.24) is 0 Å². The molecule has 1 N–H and O–H groups in total. The third-order valence-corrected chi connectivity index (χ3v) is 12.2. The average molecular weight is 915 g/mol. The minimum Gasteiger partial charge on any atom is -0.477 e. The summed E-state index contributed by atoms with van der Waals surface area (Å²) in [6, 6.07) is -0.618. The van der Waals surface area contributed by atoms with E-state index < -0.39 is 18.1 Å². The molecule has 8 nitrogen and oxygen atoms in total. The predicted octanol–water partition coefficient (Wildman–Crippen LogP) is 15.9. The van der Waals surface area contributed by atoms with E-state index in [0.717, 1.165) is 51.4 Å². The van der Waals surface area contributed by atoms with Crippen molar-refractivity contribution in [3.8, 4) is 0 Å². The molecule has 0 saturated carbocycles. The van der Waals surface area contributed by atoms with Crippen molar-refractivity contribution in [3.05, 3.63) is 48.6 Å². The molecule has 0 aliphatic carbocycles. The van der Waals surface area contributed by atoms with Crippen molar-refractivity contribution in [2.75, 3.05) is 41.0 Å². The maximum absolute atomic E-state index is 12.8. The number of allylic oxidation sites excluding steroid dienone is 8. The van der Waals surface area contributed by atoms with Crippen molar-refractivity contribution < 1.29 is 38.2 Å². The number of carbonyl (C=O) groups excluding carboxylic acids is 2. The number of hydrogen-bond donors (Lipinski definition) is 1. The topological polar surface area (TPSA) is 99.1 Å². The fourth-order valence-corrected chi connectivity index (χ4v) is 8.00. The van der Waals surface area contributed by atoms with Gasteiger partial charge in [-0.05, 0) is 70.6 Å². The molecule has 0 saturated heterocycles. The molecule has 0 fully saturated rings. The number of esters is 2. The first-order valence-corrected chi connectivity index (χ1v) is 27.2. The second-order valence-electron chi connectivity index (χ2n) is 19.5. The van der Waals surface area contributed by atoms with Gasteiger partial charge in [-0.3, -0.25) is 9.59 Å². The zero-order valence-corrected chi connectivity index (χ0v) is 43.2. The molecule has 0 aliphatic heterocycles. The van der Waals surface area contributed by atoms with Gasteiger partial charge < -0.3 is 23.8 Å². The molecule has 0 heterocycles. The lowest BCUT2D eigenvalue weighted by atomic mass is 10.1. The lowest BCUT2D eigenvalue weighted by Crippen LogP contribution is -2.50. The summed E-state index contributed by atoms with van der Waals surface area (Å²) in [6.45, 7) is 4.72. The summed E-state index contributed by atoms with van der Waals surface area (Å²) >= 11 is 0. The Morgan fingerprint density at radius 2 is 0.862 bits per heavy atom. The van der Waals surface area contributed by atoms with Gasteiger partial charge >= 0.3 is 17.9 Å². The predicted molar refractivity (Wildman–Crippen MR) is 275 cm³/mol. The van der Waals surface area contributed by atoms with Crippen molar-refractivity contribution in [2.24, 2.45) is 0 Å². The normalized spacial score (nSPS) is 13.2. The van der Waals surface area contributed by atoms with Crippen LogP contribution in [-0.2, 0) is 28.6 Å². The second-order valence-corrected chi connectivity index (χ2v) is 19.5. The van der Waals surface area contributed by atoms with Crippen LogP contribution in [0.4, 0.5) is 0 Å². The maximum atomic E-state index is 12.8. The van der Waals surface area contributed by atoms with E-state index in [4.69, 9.17) is 14.2 Å². The van der Waals surface area contributed by atoms with Crippen LogP contribution in [0.5, 0.6) is 0 Å². The highest BCUT2D eigenvalue weighted by molar-refractivity contribution is 5.72. The smallest absolute Gasteiger partial charge is 0.362 e. The zero-order valence-electron chi connectivity index (χ0n) is 43.2. The fourth-order valence-electron chi connectivity index (χ4n) is 8.00. The third-order valence-electron chi connectivity index (χ3n) is 12.2. The fraction of sp³-hybridized carbons (Fsp3) is 0.807. The molecule has 8 heteroatoms. The summed E-state index contributed by atoms with van der Waals surface area (Å²) in [5.41, 5.74) is 0. The Balaban J connectivity index is 4.23. The molecule has 2 atom stereocenters. The second kappa shape index (κ2) is 47.8. The van der Waals surface area contributed by atoms with Crippen LogP contribution < -0.4 is 0 Å². The number of carboxylic acid groups (broad SMARTS) is 1. The van der Waals surface area contributed by atoms with Gasteiger partial charge in [-0.1, -0.05) is 204 Å². The summed E-state index contributed by atoms with van der Waals surface area (Å²) < 4.78 is 17.4. The average Bonchev–Trinajstić information content (AvgIpc) is 3.27. The van der Waals surface area contributed by atoms with E-state index in [2.05, 4.69) is 62.5 Å². The van der Waals surface area contributed by atoms with Crippen LogP contribution in [0.15, 0.2) is 48.6 Å². The van der Waals surface area contributed by atoms with Crippen molar-refractivity contribution >= 4 is 17.9 Å². The number of unbranched alkanes of at least 4 members (excludes halogenated alkanes) is 28. The summed E-state index contributed by atoms with van der Waals surface area (Å²) in [6.07, 6.45) is 58.7. The molecule has 0 rings (SSSR count). The van der Waals surface area contributed by atoms with E-state index in [1.807, 2.05) is 21.1 Å². The van der Waals surface area contributed by atoms with E-state index in [0.29, 0.717) is 19.3 Å². The van der Waals surface area contributed by atoms with Crippen LogP contribution >= 0.6 is 0 Å². The molecular weight excluding hydrogens is 811 g/mol. The first-order chi connectivity index (χ1) is 31.6. The molecule has 0 amide bonds. The van der Waals surface area contributed by atoms with Gasteiger partial charge in [0.15, 0.2) is 12.1 Å². The maximum Gasteiger partial charge on any atom is 0.362 e. The Morgan fingerprint density at radius 3 is 1.31 bits per heavy atom. The van der Waals surface area contributed by atoms with Gasteiger partial charge in [-0.15, -0.1) is 0 Å². The van der Waals surface area contributed by atoms with Crippen molar-refractivity contribution in [1.29, 1.82) is 0 Å². The molecule has 0 aromatic carbocycles. The van der Waals surface area contributed by atoms with E-state index >= 15 is 0 Å². The van der Waals surface area contributed by atoms with Crippen LogP contribution in [-0.4, -0.2) is 80.6 Å². The van der Waals surface area contributed by atoms with Gasteiger partial charge in [0, 0.05) is 19.3 Å². The molecule has 0 bridgehead atoms. The van der Waals surface area contributed by atoms with Gasteiger partial charge in [0.25, 0.3) is 0 Å². The number of quaternary nitrogens is 1. The molecule has 2 unspecified atom stereocenters. The molecule has 65 heavy (non-hydrogen) atoms. The van der Waals surface area contributed by atoms with E-state index in [1.54, 1.807) is 0 Å². The van der Waals surface area contributed by atoms with Crippen molar-refractivity contribution in [3.63, 3.8) is 0 Å². The Kier molecular flexibility index (Phi) is 45.8. The number of carbonyl (C=O) groups is 3. The molecule has 0 aromatic rings. The SMILES string of the molecule is CCCCC/C=C/C=C/CCCCCCCCCCCCC(=O)OCC(COCCC(C(=O)O)[N+](C)(C)C)OC(=O)CCCCCCCCC/C=C/C/C=C/CCCCCCCCCC. The highest BCUT2D eigenvalue weighted by Crippen LogP contribution is 2.15. The standard InChI is InChI=1S/C57H103NO7/c1-6-8-10-12-14-16-18-20-22-24-26-27-28-30-32-34-36-38-40-42-44-46-48-56(60)65-53(51-63-50-49-54(57(61)62)58(3,4)5)52-64-55(59)47-45-43-41-39-37-35-33-31-29-25-23-21-19-17-15-13-11-9-7-2/h15,17,19,21,24,26,28,30,53-54H,6-14,16,18,20,22-23,25,27,29,31-52H2,1-5H3/p+1/b17-15+,21-19+,26-24+,30-28+. The monoisotopic (exact) mass is 915 g/mol. The summed E-state index contributed by atoms with van der Waals surface area (Å²) in [5.74, 6) is -1.47. The quantitative estimate of drug-likeness (QED) is 0.0213. The van der Waals surface area contributed by atoms with E-state index in [1.165, 1.54) is 161 Å². The number of nitrogens with zero attached hydrogens (tertiary/aromatic N) is 1.